The van der Waals surface area contributed by atoms with Crippen molar-refractivity contribution in [1.29, 1.82) is 0 Å². The zero-order chi connectivity index (χ0) is 16.5. The van der Waals surface area contributed by atoms with E-state index in [4.69, 9.17) is 14.2 Å². The first kappa shape index (κ1) is 14.9. The first-order chi connectivity index (χ1) is 11.7. The molecule has 0 N–H and O–H groups in total. The number of morpholine rings is 1. The normalized spacial score (nSPS) is 23.1. The van der Waals surface area contributed by atoms with Crippen LogP contribution in [0, 0.1) is 0 Å². The summed E-state index contributed by atoms with van der Waals surface area (Å²) in [5, 5.41) is 4.08. The number of ether oxygens (including phenoxy) is 3. The maximum absolute atomic E-state index is 13.0. The quantitative estimate of drug-likeness (QED) is 0.800. The molecule has 0 bridgehead atoms. The van der Waals surface area contributed by atoms with Crippen LogP contribution < -0.4 is 9.47 Å². The van der Waals surface area contributed by atoms with E-state index in [0.29, 0.717) is 37.1 Å². The third kappa shape index (κ3) is 2.58. The molecule has 1 saturated heterocycles. The number of fused-ring (bicyclic) bond motifs is 1. The molecule has 126 valence electrons. The minimum absolute atomic E-state index is 0.124. The SMILES string of the molecule is Cn1ncnc1C1COCCN1C(=O)C1COc2ccccc2O1. The maximum atomic E-state index is 13.0. The molecular formula is C16H18N4O4. The van der Waals surface area contributed by atoms with Crippen molar-refractivity contribution in [1.82, 2.24) is 19.7 Å². The number of hydrogen-bond donors (Lipinski definition) is 0. The number of rotatable bonds is 2. The molecule has 0 saturated carbocycles. The minimum Gasteiger partial charge on any atom is -0.485 e. The molecule has 2 aliphatic heterocycles. The van der Waals surface area contributed by atoms with Crippen molar-refractivity contribution >= 4 is 5.91 Å². The van der Waals surface area contributed by atoms with Gasteiger partial charge in [0.25, 0.3) is 5.91 Å². The van der Waals surface area contributed by atoms with Crippen LogP contribution in [0.5, 0.6) is 11.5 Å². The van der Waals surface area contributed by atoms with Gasteiger partial charge >= 0.3 is 0 Å². The van der Waals surface area contributed by atoms with Crippen molar-refractivity contribution in [3.8, 4) is 11.5 Å². The van der Waals surface area contributed by atoms with Crippen molar-refractivity contribution in [2.45, 2.75) is 12.1 Å². The number of hydrogen-bond acceptors (Lipinski definition) is 6. The Labute approximate surface area is 138 Å². The summed E-state index contributed by atoms with van der Waals surface area (Å²) >= 11 is 0. The van der Waals surface area contributed by atoms with Crippen molar-refractivity contribution in [2.24, 2.45) is 7.05 Å². The van der Waals surface area contributed by atoms with Crippen molar-refractivity contribution in [2.75, 3.05) is 26.4 Å². The molecule has 0 radical (unpaired) electrons. The Morgan fingerprint density at radius 1 is 1.25 bits per heavy atom. The fourth-order valence-electron chi connectivity index (χ4n) is 3.01. The van der Waals surface area contributed by atoms with Gasteiger partial charge in [-0.25, -0.2) is 4.98 Å². The molecule has 0 aliphatic carbocycles. The molecule has 2 aromatic rings. The summed E-state index contributed by atoms with van der Waals surface area (Å²) in [5.41, 5.74) is 0. The Morgan fingerprint density at radius 2 is 2.08 bits per heavy atom. The Morgan fingerprint density at radius 3 is 2.88 bits per heavy atom. The van der Waals surface area contributed by atoms with Crippen LogP contribution in [0.15, 0.2) is 30.6 Å². The van der Waals surface area contributed by atoms with Crippen LogP contribution in [0.3, 0.4) is 0 Å². The van der Waals surface area contributed by atoms with E-state index in [-0.39, 0.29) is 18.6 Å². The zero-order valence-electron chi connectivity index (χ0n) is 13.3. The summed E-state index contributed by atoms with van der Waals surface area (Å²) in [6.45, 7) is 1.56. The van der Waals surface area contributed by atoms with E-state index < -0.39 is 6.10 Å². The molecule has 1 aromatic heterocycles. The van der Waals surface area contributed by atoms with Gasteiger partial charge in [0.15, 0.2) is 17.3 Å². The monoisotopic (exact) mass is 330 g/mol. The lowest BCUT2D eigenvalue weighted by Gasteiger charge is -2.37. The molecule has 4 rings (SSSR count). The highest BCUT2D eigenvalue weighted by molar-refractivity contribution is 5.82. The Bertz CT molecular complexity index is 747. The van der Waals surface area contributed by atoms with Gasteiger partial charge < -0.3 is 19.1 Å². The summed E-state index contributed by atoms with van der Waals surface area (Å²) in [6.07, 6.45) is 0.803. The lowest BCUT2D eigenvalue weighted by molar-refractivity contribution is -0.150. The van der Waals surface area contributed by atoms with Crippen LogP contribution in [0.1, 0.15) is 11.9 Å². The topological polar surface area (TPSA) is 78.7 Å². The van der Waals surface area contributed by atoms with E-state index >= 15 is 0 Å². The molecule has 8 nitrogen and oxygen atoms in total. The number of aryl methyl sites for hydroxylation is 1. The lowest BCUT2D eigenvalue weighted by atomic mass is 10.1. The van der Waals surface area contributed by atoms with E-state index in [9.17, 15) is 4.79 Å². The van der Waals surface area contributed by atoms with Crippen molar-refractivity contribution in [3.05, 3.63) is 36.4 Å². The molecule has 0 spiro atoms. The number of benzene rings is 1. The van der Waals surface area contributed by atoms with Gasteiger partial charge in [0.05, 0.1) is 13.2 Å². The van der Waals surface area contributed by atoms with Crippen LogP contribution in [0.2, 0.25) is 0 Å². The lowest BCUT2D eigenvalue weighted by Crippen LogP contribution is -2.52. The average molecular weight is 330 g/mol. The molecule has 8 heteroatoms. The molecule has 3 heterocycles. The number of nitrogens with zero attached hydrogens (tertiary/aromatic N) is 4. The predicted octanol–water partition coefficient (Wildman–Crippen LogP) is 0.555. The van der Waals surface area contributed by atoms with Gasteiger partial charge in [-0.3, -0.25) is 9.48 Å². The van der Waals surface area contributed by atoms with Gasteiger partial charge in [0.2, 0.25) is 6.10 Å². The largest absolute Gasteiger partial charge is 0.485 e. The summed E-state index contributed by atoms with van der Waals surface area (Å²) < 4.78 is 18.7. The van der Waals surface area contributed by atoms with Gasteiger partial charge in [0.1, 0.15) is 19.0 Å². The minimum atomic E-state index is -0.672. The van der Waals surface area contributed by atoms with Gasteiger partial charge in [-0.2, -0.15) is 5.10 Å². The summed E-state index contributed by atoms with van der Waals surface area (Å²) in [5.74, 6) is 1.82. The highest BCUT2D eigenvalue weighted by Gasteiger charge is 2.38. The standard InChI is InChI=1S/C16H18N4O4/c1-19-15(17-10-18-19)11-8-22-7-6-20(11)16(21)14-9-23-12-4-2-3-5-13(12)24-14/h2-5,10-11,14H,6-9H2,1H3. The van der Waals surface area contributed by atoms with Crippen molar-refractivity contribution < 1.29 is 19.0 Å². The Kier molecular flexibility index (Phi) is 3.81. The third-order valence-corrected chi connectivity index (χ3v) is 4.24. The zero-order valence-corrected chi connectivity index (χ0v) is 13.3. The van der Waals surface area contributed by atoms with E-state index in [2.05, 4.69) is 10.1 Å². The average Bonchev–Trinajstić information content (AvgIpc) is 3.06. The number of amides is 1. The molecular weight excluding hydrogens is 312 g/mol. The fraction of sp³-hybridized carbons (Fsp3) is 0.438. The fourth-order valence-corrected chi connectivity index (χ4v) is 3.01. The number of carbonyl (C=O) groups is 1. The van der Waals surface area contributed by atoms with E-state index in [1.165, 1.54) is 6.33 Å². The molecule has 1 fully saturated rings. The van der Waals surface area contributed by atoms with Gasteiger partial charge in [-0.15, -0.1) is 0 Å². The van der Waals surface area contributed by atoms with E-state index in [1.807, 2.05) is 18.2 Å². The molecule has 1 amide bonds. The molecule has 2 atom stereocenters. The molecule has 1 aromatic carbocycles. The van der Waals surface area contributed by atoms with Gasteiger partial charge in [0, 0.05) is 13.6 Å². The van der Waals surface area contributed by atoms with Gasteiger partial charge in [-0.05, 0) is 12.1 Å². The molecule has 24 heavy (non-hydrogen) atoms. The van der Waals surface area contributed by atoms with Crippen LogP contribution in [0.25, 0.3) is 0 Å². The smallest absolute Gasteiger partial charge is 0.268 e. The van der Waals surface area contributed by atoms with E-state index in [1.54, 1.807) is 22.7 Å². The second-order valence-corrected chi connectivity index (χ2v) is 5.73. The number of aromatic nitrogens is 3. The molecule has 2 unspecified atom stereocenters. The van der Waals surface area contributed by atoms with E-state index in [0.717, 1.165) is 0 Å². The first-order valence-electron chi connectivity index (χ1n) is 7.84. The van der Waals surface area contributed by atoms with Crippen LogP contribution in [0.4, 0.5) is 0 Å². The first-order valence-corrected chi connectivity index (χ1v) is 7.84. The second kappa shape index (κ2) is 6.12. The number of para-hydroxylation sites is 2. The molecule has 2 aliphatic rings. The number of carbonyl (C=O) groups excluding carboxylic acids is 1. The maximum Gasteiger partial charge on any atom is 0.268 e. The Hall–Kier alpha value is -2.61. The van der Waals surface area contributed by atoms with Crippen LogP contribution >= 0.6 is 0 Å². The summed E-state index contributed by atoms with van der Waals surface area (Å²) in [4.78, 5) is 19.0. The van der Waals surface area contributed by atoms with Crippen LogP contribution in [-0.4, -0.2) is 58.0 Å². The highest BCUT2D eigenvalue weighted by atomic mass is 16.6. The highest BCUT2D eigenvalue weighted by Crippen LogP contribution is 2.32. The summed E-state index contributed by atoms with van der Waals surface area (Å²) in [7, 11) is 1.80. The van der Waals surface area contributed by atoms with Gasteiger partial charge in [-0.1, -0.05) is 12.1 Å². The predicted molar refractivity (Wildman–Crippen MR) is 82.6 cm³/mol. The third-order valence-electron chi connectivity index (χ3n) is 4.24. The second-order valence-electron chi connectivity index (χ2n) is 5.73. The van der Waals surface area contributed by atoms with Crippen molar-refractivity contribution in [3.63, 3.8) is 0 Å². The Balaban J connectivity index is 1.55. The summed E-state index contributed by atoms with van der Waals surface area (Å²) in [6, 6.07) is 7.07. The van der Waals surface area contributed by atoms with Crippen LogP contribution in [-0.2, 0) is 16.6 Å².